The van der Waals surface area contributed by atoms with Crippen molar-refractivity contribution in [3.8, 4) is 0 Å². The zero-order chi connectivity index (χ0) is 10.3. The lowest BCUT2D eigenvalue weighted by Crippen LogP contribution is -1.98. The molecule has 0 amide bonds. The fourth-order valence-electron chi connectivity index (χ4n) is 1.57. The van der Waals surface area contributed by atoms with Crippen molar-refractivity contribution < 1.29 is 14.3 Å². The number of aliphatic carboxylic acids is 1. The highest BCUT2D eigenvalue weighted by molar-refractivity contribution is 9.10. The van der Waals surface area contributed by atoms with Crippen LogP contribution >= 0.6 is 15.9 Å². The quantitative estimate of drug-likeness (QED) is 0.839. The lowest BCUT2D eigenvalue weighted by atomic mass is 10.1. The molecule has 1 aliphatic rings. The number of hydrogen-bond acceptors (Lipinski definition) is 1. The average molecular weight is 257 g/mol. The molecule has 4 heteroatoms. The molecule has 0 saturated heterocycles. The largest absolute Gasteiger partial charge is 0.478 e. The third kappa shape index (κ3) is 1.35. The molecule has 0 aromatic heterocycles. The van der Waals surface area contributed by atoms with Crippen molar-refractivity contribution in [1.82, 2.24) is 0 Å². The fraction of sp³-hybridized carbons (Fsp3) is 0.100. The van der Waals surface area contributed by atoms with Gasteiger partial charge in [-0.1, -0.05) is 22.0 Å². The van der Waals surface area contributed by atoms with E-state index in [-0.39, 0.29) is 11.4 Å². The van der Waals surface area contributed by atoms with Gasteiger partial charge in [0, 0.05) is 4.47 Å². The second kappa shape index (κ2) is 3.20. The number of carboxylic acid groups (broad SMARTS) is 1. The molecule has 72 valence electrons. The Balaban J connectivity index is 2.61. The van der Waals surface area contributed by atoms with E-state index in [1.165, 1.54) is 12.1 Å². The predicted molar refractivity (Wildman–Crippen MR) is 53.4 cm³/mol. The predicted octanol–water partition coefficient (Wildman–Crippen LogP) is 2.61. The Labute approximate surface area is 88.2 Å². The van der Waals surface area contributed by atoms with Gasteiger partial charge in [-0.3, -0.25) is 0 Å². The molecule has 1 N–H and O–H groups in total. The second-order valence-electron chi connectivity index (χ2n) is 3.04. The van der Waals surface area contributed by atoms with Gasteiger partial charge < -0.3 is 5.11 Å². The van der Waals surface area contributed by atoms with Crippen LogP contribution in [0.25, 0.3) is 5.57 Å². The van der Waals surface area contributed by atoms with E-state index in [1.807, 2.05) is 0 Å². The lowest BCUT2D eigenvalue weighted by Gasteiger charge is -2.03. The van der Waals surface area contributed by atoms with Gasteiger partial charge in [-0.15, -0.1) is 0 Å². The number of fused-ring (bicyclic) bond motifs is 1. The van der Waals surface area contributed by atoms with E-state index in [0.717, 1.165) is 0 Å². The van der Waals surface area contributed by atoms with Crippen molar-refractivity contribution in [3.05, 3.63) is 39.6 Å². The third-order valence-corrected chi connectivity index (χ3v) is 2.65. The van der Waals surface area contributed by atoms with Gasteiger partial charge in [-0.25, -0.2) is 9.18 Å². The molecule has 1 aromatic carbocycles. The van der Waals surface area contributed by atoms with Crippen molar-refractivity contribution in [1.29, 1.82) is 0 Å². The molecule has 1 aliphatic carbocycles. The van der Waals surface area contributed by atoms with Gasteiger partial charge in [0.15, 0.2) is 0 Å². The summed E-state index contributed by atoms with van der Waals surface area (Å²) in [5.41, 5.74) is 1.12. The van der Waals surface area contributed by atoms with Crippen LogP contribution in [-0.2, 0) is 11.2 Å². The van der Waals surface area contributed by atoms with Crippen LogP contribution in [-0.4, -0.2) is 11.1 Å². The highest BCUT2D eigenvalue weighted by Gasteiger charge is 2.22. The Morgan fingerprint density at radius 2 is 2.21 bits per heavy atom. The topological polar surface area (TPSA) is 37.3 Å². The monoisotopic (exact) mass is 256 g/mol. The summed E-state index contributed by atoms with van der Waals surface area (Å²) in [6.45, 7) is 0. The lowest BCUT2D eigenvalue weighted by molar-refractivity contribution is -0.130. The van der Waals surface area contributed by atoms with Crippen molar-refractivity contribution in [2.45, 2.75) is 6.42 Å². The van der Waals surface area contributed by atoms with Crippen molar-refractivity contribution >= 4 is 27.5 Å². The molecule has 0 atom stereocenters. The molecule has 1 aromatic rings. The maximum Gasteiger partial charge on any atom is 0.335 e. The molecule has 0 saturated carbocycles. The highest BCUT2D eigenvalue weighted by Crippen LogP contribution is 2.32. The van der Waals surface area contributed by atoms with Gasteiger partial charge in [0.1, 0.15) is 5.82 Å². The molecular formula is C10H6BrFO2. The molecule has 0 unspecified atom stereocenters. The van der Waals surface area contributed by atoms with Gasteiger partial charge in [0.25, 0.3) is 0 Å². The summed E-state index contributed by atoms with van der Waals surface area (Å²) in [6.07, 6.45) is 1.89. The van der Waals surface area contributed by atoms with Crippen LogP contribution in [0.15, 0.2) is 22.7 Å². The van der Waals surface area contributed by atoms with Crippen LogP contribution in [0.2, 0.25) is 0 Å². The number of benzene rings is 1. The van der Waals surface area contributed by atoms with E-state index in [1.54, 1.807) is 6.07 Å². The van der Waals surface area contributed by atoms with Crippen LogP contribution in [0, 0.1) is 5.82 Å². The Hall–Kier alpha value is -1.16. The maximum atomic E-state index is 13.3. The standard InChI is InChI=1S/C10H6BrFO2/c11-5-3-8-6(9(12)4-5)1-2-7(8)10(13)14/h2-4H,1H2,(H,13,14). The normalized spacial score (nSPS) is 13.7. The molecule has 0 spiro atoms. The minimum absolute atomic E-state index is 0.181. The molecule has 0 bridgehead atoms. The summed E-state index contributed by atoms with van der Waals surface area (Å²) in [5.74, 6) is -1.37. The SMILES string of the molecule is O=C(O)C1=CCc2c(F)cc(Br)cc21. The van der Waals surface area contributed by atoms with E-state index in [0.29, 0.717) is 22.0 Å². The molecule has 0 aliphatic heterocycles. The number of allylic oxidation sites excluding steroid dienone is 1. The number of hydrogen-bond donors (Lipinski definition) is 1. The Bertz CT molecular complexity index is 452. The van der Waals surface area contributed by atoms with Gasteiger partial charge in [-0.2, -0.15) is 0 Å². The van der Waals surface area contributed by atoms with E-state index in [4.69, 9.17) is 5.11 Å². The Kier molecular flexibility index (Phi) is 2.15. The van der Waals surface area contributed by atoms with Crippen molar-refractivity contribution in [2.24, 2.45) is 0 Å². The van der Waals surface area contributed by atoms with Crippen LogP contribution in [0.4, 0.5) is 4.39 Å². The highest BCUT2D eigenvalue weighted by atomic mass is 79.9. The first-order chi connectivity index (χ1) is 6.59. The van der Waals surface area contributed by atoms with E-state index >= 15 is 0 Å². The van der Waals surface area contributed by atoms with Gasteiger partial charge in [0.2, 0.25) is 0 Å². The summed E-state index contributed by atoms with van der Waals surface area (Å²) in [7, 11) is 0. The number of rotatable bonds is 1. The summed E-state index contributed by atoms with van der Waals surface area (Å²) in [6, 6.07) is 2.98. The van der Waals surface area contributed by atoms with Crippen LogP contribution in [0.5, 0.6) is 0 Å². The number of halogens is 2. The first-order valence-electron chi connectivity index (χ1n) is 4.01. The van der Waals surface area contributed by atoms with Crippen LogP contribution in [0.1, 0.15) is 11.1 Å². The molecular weight excluding hydrogens is 251 g/mol. The smallest absolute Gasteiger partial charge is 0.335 e. The minimum atomic E-state index is -1.01. The molecule has 0 radical (unpaired) electrons. The van der Waals surface area contributed by atoms with E-state index in [2.05, 4.69) is 15.9 Å². The summed E-state index contributed by atoms with van der Waals surface area (Å²) < 4.78 is 13.9. The van der Waals surface area contributed by atoms with Gasteiger partial charge in [0.05, 0.1) is 5.57 Å². The van der Waals surface area contributed by atoms with Gasteiger partial charge in [-0.05, 0) is 29.7 Å². The minimum Gasteiger partial charge on any atom is -0.478 e. The molecule has 2 rings (SSSR count). The molecule has 0 heterocycles. The summed E-state index contributed by atoms with van der Waals surface area (Å²) in [4.78, 5) is 10.8. The molecule has 2 nitrogen and oxygen atoms in total. The first kappa shape index (κ1) is 9.40. The number of carboxylic acids is 1. The number of carbonyl (C=O) groups is 1. The van der Waals surface area contributed by atoms with Gasteiger partial charge >= 0.3 is 5.97 Å². The summed E-state index contributed by atoms with van der Waals surface area (Å²) >= 11 is 3.13. The van der Waals surface area contributed by atoms with Crippen molar-refractivity contribution in [2.75, 3.05) is 0 Å². The van der Waals surface area contributed by atoms with E-state index < -0.39 is 5.97 Å². The average Bonchev–Trinajstić information content (AvgIpc) is 2.47. The zero-order valence-electron chi connectivity index (χ0n) is 7.05. The van der Waals surface area contributed by atoms with Crippen LogP contribution < -0.4 is 0 Å². The van der Waals surface area contributed by atoms with E-state index in [9.17, 15) is 9.18 Å². The first-order valence-corrected chi connectivity index (χ1v) is 4.80. The second-order valence-corrected chi connectivity index (χ2v) is 3.96. The zero-order valence-corrected chi connectivity index (χ0v) is 8.64. The fourth-order valence-corrected chi connectivity index (χ4v) is 2.00. The Morgan fingerprint density at radius 1 is 1.50 bits per heavy atom. The Morgan fingerprint density at radius 3 is 2.86 bits per heavy atom. The molecule has 0 fully saturated rings. The third-order valence-electron chi connectivity index (χ3n) is 2.19. The van der Waals surface area contributed by atoms with Crippen LogP contribution in [0.3, 0.4) is 0 Å². The maximum absolute atomic E-state index is 13.3. The summed E-state index contributed by atoms with van der Waals surface area (Å²) in [5, 5.41) is 8.84. The van der Waals surface area contributed by atoms with Crippen molar-refractivity contribution in [3.63, 3.8) is 0 Å². The molecule has 14 heavy (non-hydrogen) atoms.